The fraction of sp³-hybridized carbons (Fsp3) is 0.500. The summed E-state index contributed by atoms with van der Waals surface area (Å²) in [6.45, 7) is 4.61. The lowest BCUT2D eigenvalue weighted by Gasteiger charge is -2.11. The fourth-order valence-corrected chi connectivity index (χ4v) is 1.70. The van der Waals surface area contributed by atoms with Crippen molar-refractivity contribution < 1.29 is 14.3 Å². The van der Waals surface area contributed by atoms with Crippen LogP contribution in [0.4, 0.5) is 0 Å². The van der Waals surface area contributed by atoms with Gasteiger partial charge in [0.2, 0.25) is 5.91 Å². The molecule has 1 unspecified atom stereocenters. The maximum absolute atomic E-state index is 11.7. The molecule has 1 amide bonds. The van der Waals surface area contributed by atoms with Crippen molar-refractivity contribution in [2.75, 3.05) is 6.54 Å². The van der Waals surface area contributed by atoms with E-state index in [9.17, 15) is 9.59 Å². The van der Waals surface area contributed by atoms with Gasteiger partial charge in [0.1, 0.15) is 5.75 Å². The lowest BCUT2D eigenvalue weighted by atomic mass is 10.0. The van der Waals surface area contributed by atoms with Crippen LogP contribution in [-0.2, 0) is 9.59 Å². The fourth-order valence-electron chi connectivity index (χ4n) is 1.70. The van der Waals surface area contributed by atoms with E-state index in [1.807, 2.05) is 25.1 Å². The standard InChI is InChI=1S/C16H23NO3/c1-3-4-12-17-16(19)13(2)10-11-15(18)20-14-8-6-5-7-9-14/h5-9,13H,3-4,10-12H2,1-2H3,(H,17,19). The number of nitrogens with one attached hydrogen (secondary N) is 1. The molecule has 0 heterocycles. The van der Waals surface area contributed by atoms with Crippen LogP contribution in [0.3, 0.4) is 0 Å². The third kappa shape index (κ3) is 6.36. The second-order valence-corrected chi connectivity index (χ2v) is 4.87. The van der Waals surface area contributed by atoms with Gasteiger partial charge in [0, 0.05) is 18.9 Å². The van der Waals surface area contributed by atoms with Gasteiger partial charge in [0.05, 0.1) is 0 Å². The zero-order valence-electron chi connectivity index (χ0n) is 12.2. The average Bonchev–Trinajstić information content (AvgIpc) is 2.46. The lowest BCUT2D eigenvalue weighted by molar-refractivity contribution is -0.135. The van der Waals surface area contributed by atoms with Crippen LogP contribution in [0.2, 0.25) is 0 Å². The van der Waals surface area contributed by atoms with Crippen molar-refractivity contribution in [2.45, 2.75) is 39.5 Å². The first kappa shape index (κ1) is 16.2. The molecule has 1 aromatic carbocycles. The first-order valence-electron chi connectivity index (χ1n) is 7.17. The normalized spacial score (nSPS) is 11.7. The average molecular weight is 277 g/mol. The molecule has 0 aliphatic carbocycles. The molecule has 1 aromatic rings. The number of ether oxygens (including phenoxy) is 1. The van der Waals surface area contributed by atoms with Crippen molar-refractivity contribution in [3.8, 4) is 5.75 Å². The molecule has 0 radical (unpaired) electrons. The van der Waals surface area contributed by atoms with Crippen molar-refractivity contribution in [1.29, 1.82) is 0 Å². The van der Waals surface area contributed by atoms with E-state index in [0.717, 1.165) is 12.8 Å². The predicted octanol–water partition coefficient (Wildman–Crippen LogP) is 2.92. The van der Waals surface area contributed by atoms with Crippen LogP contribution in [0.25, 0.3) is 0 Å². The molecule has 0 spiro atoms. The molecule has 0 aliphatic rings. The Balaban J connectivity index is 2.24. The Bertz CT molecular complexity index is 417. The molecule has 1 rings (SSSR count). The monoisotopic (exact) mass is 277 g/mol. The number of para-hydroxylation sites is 1. The summed E-state index contributed by atoms with van der Waals surface area (Å²) in [6.07, 6.45) is 2.79. The minimum Gasteiger partial charge on any atom is -0.427 e. The van der Waals surface area contributed by atoms with E-state index in [0.29, 0.717) is 18.7 Å². The Morgan fingerprint density at radius 1 is 1.25 bits per heavy atom. The minimum absolute atomic E-state index is 0.00552. The van der Waals surface area contributed by atoms with E-state index in [1.165, 1.54) is 0 Å². The highest BCUT2D eigenvalue weighted by Crippen LogP contribution is 2.12. The van der Waals surface area contributed by atoms with Gasteiger partial charge in [-0.25, -0.2) is 0 Å². The van der Waals surface area contributed by atoms with Crippen LogP contribution in [0.1, 0.15) is 39.5 Å². The lowest BCUT2D eigenvalue weighted by Crippen LogP contribution is -2.30. The Labute approximate surface area is 120 Å². The first-order valence-corrected chi connectivity index (χ1v) is 7.17. The molecule has 0 bridgehead atoms. The van der Waals surface area contributed by atoms with Gasteiger partial charge in [-0.05, 0) is 25.0 Å². The predicted molar refractivity (Wildman–Crippen MR) is 78.4 cm³/mol. The smallest absolute Gasteiger partial charge is 0.311 e. The highest BCUT2D eigenvalue weighted by molar-refractivity contribution is 5.79. The summed E-state index contributed by atoms with van der Waals surface area (Å²) < 4.78 is 5.17. The quantitative estimate of drug-likeness (QED) is 0.451. The maximum atomic E-state index is 11.7. The topological polar surface area (TPSA) is 55.4 Å². The van der Waals surface area contributed by atoms with Crippen molar-refractivity contribution in [1.82, 2.24) is 5.32 Å². The van der Waals surface area contributed by atoms with Gasteiger partial charge in [-0.2, -0.15) is 0 Å². The molecule has 0 saturated carbocycles. The zero-order chi connectivity index (χ0) is 14.8. The number of rotatable bonds is 8. The Hall–Kier alpha value is -1.84. The second kappa shape index (κ2) is 9.13. The van der Waals surface area contributed by atoms with E-state index in [1.54, 1.807) is 12.1 Å². The summed E-state index contributed by atoms with van der Waals surface area (Å²) in [6, 6.07) is 8.95. The third-order valence-corrected chi connectivity index (χ3v) is 3.03. The number of amides is 1. The summed E-state index contributed by atoms with van der Waals surface area (Å²) in [5, 5.41) is 2.87. The summed E-state index contributed by atoms with van der Waals surface area (Å²) in [4.78, 5) is 23.4. The molecule has 0 saturated heterocycles. The summed E-state index contributed by atoms with van der Waals surface area (Å²) in [5.41, 5.74) is 0. The molecular weight excluding hydrogens is 254 g/mol. The first-order chi connectivity index (χ1) is 9.63. The maximum Gasteiger partial charge on any atom is 0.311 e. The van der Waals surface area contributed by atoms with E-state index in [4.69, 9.17) is 4.74 Å². The van der Waals surface area contributed by atoms with Crippen LogP contribution >= 0.6 is 0 Å². The molecule has 0 fully saturated rings. The number of esters is 1. The number of hydrogen-bond donors (Lipinski definition) is 1. The van der Waals surface area contributed by atoms with Crippen molar-refractivity contribution in [3.63, 3.8) is 0 Å². The van der Waals surface area contributed by atoms with Crippen LogP contribution in [0.5, 0.6) is 5.75 Å². The van der Waals surface area contributed by atoms with Crippen LogP contribution in [-0.4, -0.2) is 18.4 Å². The molecule has 20 heavy (non-hydrogen) atoms. The van der Waals surface area contributed by atoms with Crippen molar-refractivity contribution in [3.05, 3.63) is 30.3 Å². The summed E-state index contributed by atoms with van der Waals surface area (Å²) in [5.74, 6) is 0.0723. The zero-order valence-corrected chi connectivity index (χ0v) is 12.2. The third-order valence-electron chi connectivity index (χ3n) is 3.03. The number of carbonyl (C=O) groups is 2. The highest BCUT2D eigenvalue weighted by atomic mass is 16.5. The number of unbranched alkanes of at least 4 members (excludes halogenated alkanes) is 1. The van der Waals surface area contributed by atoms with Crippen LogP contribution < -0.4 is 10.1 Å². The largest absolute Gasteiger partial charge is 0.427 e. The molecule has 1 N–H and O–H groups in total. The Kier molecular flexibility index (Phi) is 7.40. The van der Waals surface area contributed by atoms with Gasteiger partial charge < -0.3 is 10.1 Å². The molecular formula is C16H23NO3. The Morgan fingerprint density at radius 3 is 2.60 bits per heavy atom. The second-order valence-electron chi connectivity index (χ2n) is 4.87. The minimum atomic E-state index is -0.301. The van der Waals surface area contributed by atoms with Crippen LogP contribution in [0.15, 0.2) is 30.3 Å². The van der Waals surface area contributed by atoms with Gasteiger partial charge in [-0.15, -0.1) is 0 Å². The van der Waals surface area contributed by atoms with Gasteiger partial charge in [0.15, 0.2) is 0 Å². The van der Waals surface area contributed by atoms with Crippen molar-refractivity contribution >= 4 is 11.9 Å². The molecule has 4 nitrogen and oxygen atoms in total. The SMILES string of the molecule is CCCCNC(=O)C(C)CCC(=O)Oc1ccccc1. The molecule has 0 aromatic heterocycles. The van der Waals surface area contributed by atoms with Gasteiger partial charge in [-0.1, -0.05) is 38.5 Å². The molecule has 4 heteroatoms. The molecule has 0 aliphatic heterocycles. The van der Waals surface area contributed by atoms with Gasteiger partial charge in [0.25, 0.3) is 0 Å². The summed E-state index contributed by atoms with van der Waals surface area (Å²) >= 11 is 0. The van der Waals surface area contributed by atoms with E-state index >= 15 is 0 Å². The molecule has 110 valence electrons. The van der Waals surface area contributed by atoms with Gasteiger partial charge >= 0.3 is 5.97 Å². The van der Waals surface area contributed by atoms with Crippen LogP contribution in [0, 0.1) is 5.92 Å². The number of carbonyl (C=O) groups excluding carboxylic acids is 2. The van der Waals surface area contributed by atoms with Gasteiger partial charge in [-0.3, -0.25) is 9.59 Å². The molecule has 1 atom stereocenters. The summed E-state index contributed by atoms with van der Waals surface area (Å²) in [7, 11) is 0. The van der Waals surface area contributed by atoms with E-state index in [2.05, 4.69) is 12.2 Å². The van der Waals surface area contributed by atoms with E-state index in [-0.39, 0.29) is 24.2 Å². The highest BCUT2D eigenvalue weighted by Gasteiger charge is 2.15. The van der Waals surface area contributed by atoms with Crippen molar-refractivity contribution in [2.24, 2.45) is 5.92 Å². The Morgan fingerprint density at radius 2 is 1.95 bits per heavy atom. The number of benzene rings is 1. The number of hydrogen-bond acceptors (Lipinski definition) is 3. The van der Waals surface area contributed by atoms with E-state index < -0.39 is 0 Å².